The number of halogens is 3. The van der Waals surface area contributed by atoms with Crippen molar-refractivity contribution in [2.45, 2.75) is 25.3 Å². The van der Waals surface area contributed by atoms with E-state index in [-0.39, 0.29) is 18.4 Å². The Morgan fingerprint density at radius 1 is 1.13 bits per heavy atom. The van der Waals surface area contributed by atoms with E-state index in [1.807, 2.05) is 6.07 Å². The molecule has 2 rings (SSSR count). The smallest absolute Gasteiger partial charge is 0.0324 e. The second-order valence-electron chi connectivity index (χ2n) is 3.92. The third kappa shape index (κ3) is 3.19. The zero-order valence-electron chi connectivity index (χ0n) is 8.25. The molecule has 0 heterocycles. The molecule has 1 aromatic rings. The average molecular weight is 356 g/mol. The van der Waals surface area contributed by atoms with Crippen molar-refractivity contribution in [2.24, 2.45) is 11.7 Å². The van der Waals surface area contributed by atoms with Crippen molar-refractivity contribution in [3.63, 3.8) is 0 Å². The summed E-state index contributed by atoms with van der Waals surface area (Å²) in [7, 11) is 0. The van der Waals surface area contributed by atoms with Crippen molar-refractivity contribution in [3.05, 3.63) is 32.7 Å². The first-order chi connectivity index (χ1) is 6.66. The van der Waals surface area contributed by atoms with E-state index < -0.39 is 0 Å². The van der Waals surface area contributed by atoms with Gasteiger partial charge in [0, 0.05) is 15.0 Å². The predicted octanol–water partition coefficient (Wildman–Crippen LogP) is 4.43. The van der Waals surface area contributed by atoms with Crippen LogP contribution in [0.3, 0.4) is 0 Å². The molecule has 84 valence electrons. The van der Waals surface area contributed by atoms with E-state index in [1.54, 1.807) is 0 Å². The molecule has 0 unspecified atom stereocenters. The van der Waals surface area contributed by atoms with Crippen LogP contribution >= 0.6 is 44.3 Å². The molecular weight excluding hydrogens is 341 g/mol. The van der Waals surface area contributed by atoms with Crippen LogP contribution in [0.1, 0.15) is 30.9 Å². The zero-order chi connectivity index (χ0) is 10.1. The molecule has 0 spiro atoms. The normalized spacial score (nSPS) is 17.8. The van der Waals surface area contributed by atoms with Gasteiger partial charge in [0.15, 0.2) is 0 Å². The minimum Gasteiger partial charge on any atom is -0.324 e. The molecule has 0 aliphatic heterocycles. The molecule has 1 aromatic carbocycles. The maximum absolute atomic E-state index is 6.20. The number of rotatable bonds is 2. The van der Waals surface area contributed by atoms with Gasteiger partial charge in [-0.2, -0.15) is 0 Å². The van der Waals surface area contributed by atoms with Gasteiger partial charge in [0.1, 0.15) is 0 Å². The summed E-state index contributed by atoms with van der Waals surface area (Å²) in [5.41, 5.74) is 7.43. The van der Waals surface area contributed by atoms with Crippen LogP contribution in [0.15, 0.2) is 27.1 Å². The summed E-state index contributed by atoms with van der Waals surface area (Å²) < 4.78 is 2.19. The Bertz CT molecular complexity index is 319. The van der Waals surface area contributed by atoms with E-state index in [4.69, 9.17) is 5.73 Å². The summed E-state index contributed by atoms with van der Waals surface area (Å²) in [6.07, 6.45) is 3.91. The van der Waals surface area contributed by atoms with Gasteiger partial charge in [-0.1, -0.05) is 38.3 Å². The quantitative estimate of drug-likeness (QED) is 0.834. The highest BCUT2D eigenvalue weighted by atomic mass is 79.9. The molecule has 15 heavy (non-hydrogen) atoms. The molecule has 1 nitrogen and oxygen atoms in total. The first-order valence-electron chi connectivity index (χ1n) is 4.88. The van der Waals surface area contributed by atoms with Crippen molar-refractivity contribution in [2.75, 3.05) is 0 Å². The van der Waals surface area contributed by atoms with Gasteiger partial charge >= 0.3 is 0 Å². The van der Waals surface area contributed by atoms with Crippen molar-refractivity contribution in [3.8, 4) is 0 Å². The molecule has 1 aliphatic rings. The lowest BCUT2D eigenvalue weighted by molar-refractivity contribution is 0.264. The van der Waals surface area contributed by atoms with Gasteiger partial charge in [0.2, 0.25) is 0 Å². The van der Waals surface area contributed by atoms with Crippen molar-refractivity contribution >= 4 is 44.3 Å². The molecule has 0 saturated heterocycles. The predicted molar refractivity (Wildman–Crippen MR) is 73.4 cm³/mol. The van der Waals surface area contributed by atoms with Gasteiger partial charge < -0.3 is 5.73 Å². The molecule has 0 bridgehead atoms. The highest BCUT2D eigenvalue weighted by Gasteiger charge is 2.25. The lowest BCUT2D eigenvalue weighted by Gasteiger charge is -2.31. The fraction of sp³-hybridized carbons (Fsp3) is 0.455. The standard InChI is InChI=1S/C11H13Br2N.ClH/c12-9-4-8(5-10(13)6-9)11(14)7-2-1-3-7;/h4-7,11H,1-3,14H2;1H/t11-;/m0./s1. The molecule has 0 aromatic heterocycles. The van der Waals surface area contributed by atoms with E-state index in [0.717, 1.165) is 8.95 Å². The summed E-state index contributed by atoms with van der Waals surface area (Å²) >= 11 is 6.97. The lowest BCUT2D eigenvalue weighted by atomic mass is 9.78. The Morgan fingerprint density at radius 3 is 2.07 bits per heavy atom. The molecule has 1 saturated carbocycles. The maximum atomic E-state index is 6.20. The molecule has 1 aliphatic carbocycles. The third-order valence-corrected chi connectivity index (χ3v) is 3.84. The zero-order valence-corrected chi connectivity index (χ0v) is 12.2. The van der Waals surface area contributed by atoms with Crippen LogP contribution in [0, 0.1) is 5.92 Å². The monoisotopic (exact) mass is 353 g/mol. The average Bonchev–Trinajstić information content (AvgIpc) is 1.98. The molecule has 1 atom stereocenters. The van der Waals surface area contributed by atoms with Crippen LogP contribution in [0.4, 0.5) is 0 Å². The van der Waals surface area contributed by atoms with E-state index in [9.17, 15) is 0 Å². The van der Waals surface area contributed by atoms with E-state index >= 15 is 0 Å². The second kappa shape index (κ2) is 5.67. The molecule has 0 amide bonds. The molecule has 0 radical (unpaired) electrons. The van der Waals surface area contributed by atoms with Crippen LogP contribution < -0.4 is 5.73 Å². The minimum atomic E-state index is 0. The summed E-state index contributed by atoms with van der Waals surface area (Å²) in [5, 5.41) is 0. The van der Waals surface area contributed by atoms with Gasteiger partial charge in [-0.05, 0) is 42.5 Å². The van der Waals surface area contributed by atoms with Crippen molar-refractivity contribution < 1.29 is 0 Å². The Morgan fingerprint density at radius 2 is 1.67 bits per heavy atom. The van der Waals surface area contributed by atoms with Crippen LogP contribution in [0.2, 0.25) is 0 Å². The van der Waals surface area contributed by atoms with Gasteiger partial charge in [0.25, 0.3) is 0 Å². The number of hydrogen-bond acceptors (Lipinski definition) is 1. The fourth-order valence-corrected chi connectivity index (χ4v) is 3.17. The first-order valence-corrected chi connectivity index (χ1v) is 6.47. The SMILES string of the molecule is Cl.N[C@H](c1cc(Br)cc(Br)c1)C1CCC1. The number of hydrogen-bond donors (Lipinski definition) is 1. The Labute approximate surface area is 113 Å². The van der Waals surface area contributed by atoms with Gasteiger partial charge in [0.05, 0.1) is 0 Å². The van der Waals surface area contributed by atoms with Crippen molar-refractivity contribution in [1.82, 2.24) is 0 Å². The van der Waals surface area contributed by atoms with E-state index in [0.29, 0.717) is 5.92 Å². The van der Waals surface area contributed by atoms with Crippen LogP contribution in [-0.2, 0) is 0 Å². The van der Waals surface area contributed by atoms with Gasteiger partial charge in [-0.15, -0.1) is 12.4 Å². The Kier molecular flexibility index (Phi) is 5.10. The van der Waals surface area contributed by atoms with E-state index in [1.165, 1.54) is 24.8 Å². The largest absolute Gasteiger partial charge is 0.324 e. The highest BCUT2D eigenvalue weighted by Crippen LogP contribution is 2.37. The number of benzene rings is 1. The number of nitrogens with two attached hydrogens (primary N) is 1. The van der Waals surface area contributed by atoms with Crippen LogP contribution in [0.5, 0.6) is 0 Å². The topological polar surface area (TPSA) is 26.0 Å². The fourth-order valence-electron chi connectivity index (χ4n) is 1.84. The van der Waals surface area contributed by atoms with Crippen LogP contribution in [-0.4, -0.2) is 0 Å². The van der Waals surface area contributed by atoms with Gasteiger partial charge in [-0.3, -0.25) is 0 Å². The molecule has 1 fully saturated rings. The molecule has 2 N–H and O–H groups in total. The van der Waals surface area contributed by atoms with Crippen molar-refractivity contribution in [1.29, 1.82) is 0 Å². The maximum Gasteiger partial charge on any atom is 0.0324 e. The molecular formula is C11H14Br2ClN. The van der Waals surface area contributed by atoms with Crippen LogP contribution in [0.25, 0.3) is 0 Å². The Balaban J connectivity index is 0.00000112. The summed E-state index contributed by atoms with van der Waals surface area (Å²) in [5.74, 6) is 0.691. The summed E-state index contributed by atoms with van der Waals surface area (Å²) in [6.45, 7) is 0. The Hall–Kier alpha value is 0.430. The van der Waals surface area contributed by atoms with Gasteiger partial charge in [-0.25, -0.2) is 0 Å². The first kappa shape index (κ1) is 13.5. The third-order valence-electron chi connectivity index (χ3n) is 2.93. The molecule has 4 heteroatoms. The lowest BCUT2D eigenvalue weighted by Crippen LogP contribution is -2.26. The highest BCUT2D eigenvalue weighted by molar-refractivity contribution is 9.11. The van der Waals surface area contributed by atoms with E-state index in [2.05, 4.69) is 44.0 Å². The summed E-state index contributed by atoms with van der Waals surface area (Å²) in [6, 6.07) is 6.48. The summed E-state index contributed by atoms with van der Waals surface area (Å²) in [4.78, 5) is 0. The minimum absolute atomic E-state index is 0. The second-order valence-corrected chi connectivity index (χ2v) is 5.75.